The Kier molecular flexibility index (Phi) is 5.20. The van der Waals surface area contributed by atoms with E-state index in [1.54, 1.807) is 24.3 Å². The van der Waals surface area contributed by atoms with Gasteiger partial charge in [-0.1, -0.05) is 12.1 Å². The molecular formula is C16H23NO4. The highest BCUT2D eigenvalue weighted by Crippen LogP contribution is 2.27. The standard InChI is InChI=1S/C16H23NO4/c1-11(16(21)13-2-4-14(18)5-3-13)17-8-6-12(7-9-17)10-15(19)20/h2-5,11-12,16,18,21H,6-10H2,1H3,(H,19,20). The van der Waals surface area contributed by atoms with E-state index < -0.39 is 12.1 Å². The van der Waals surface area contributed by atoms with Crippen LogP contribution in [0.3, 0.4) is 0 Å². The Morgan fingerprint density at radius 3 is 2.38 bits per heavy atom. The number of aliphatic carboxylic acids is 1. The quantitative estimate of drug-likeness (QED) is 0.773. The van der Waals surface area contributed by atoms with E-state index in [4.69, 9.17) is 5.11 Å². The van der Waals surface area contributed by atoms with E-state index in [9.17, 15) is 15.0 Å². The van der Waals surface area contributed by atoms with Gasteiger partial charge < -0.3 is 15.3 Å². The number of carbonyl (C=O) groups is 1. The summed E-state index contributed by atoms with van der Waals surface area (Å²) in [5, 5.41) is 28.5. The van der Waals surface area contributed by atoms with Gasteiger partial charge in [0, 0.05) is 12.5 Å². The molecule has 1 saturated heterocycles. The Labute approximate surface area is 124 Å². The Bertz CT molecular complexity index is 466. The lowest BCUT2D eigenvalue weighted by molar-refractivity contribution is -0.138. The zero-order chi connectivity index (χ0) is 15.4. The third-order valence-electron chi connectivity index (χ3n) is 4.38. The lowest BCUT2D eigenvalue weighted by Gasteiger charge is -2.37. The molecule has 2 atom stereocenters. The molecular weight excluding hydrogens is 270 g/mol. The molecule has 0 spiro atoms. The van der Waals surface area contributed by atoms with Crippen LogP contribution < -0.4 is 0 Å². The summed E-state index contributed by atoms with van der Waals surface area (Å²) in [4.78, 5) is 12.9. The van der Waals surface area contributed by atoms with Gasteiger partial charge in [0.2, 0.25) is 0 Å². The van der Waals surface area contributed by atoms with Crippen molar-refractivity contribution < 1.29 is 20.1 Å². The number of aliphatic hydroxyl groups is 1. The van der Waals surface area contributed by atoms with Crippen molar-refractivity contribution in [3.8, 4) is 5.75 Å². The minimum Gasteiger partial charge on any atom is -0.508 e. The van der Waals surface area contributed by atoms with E-state index in [1.165, 1.54) is 0 Å². The highest BCUT2D eigenvalue weighted by Gasteiger charge is 2.28. The first-order valence-electron chi connectivity index (χ1n) is 7.40. The van der Waals surface area contributed by atoms with Gasteiger partial charge in [0.1, 0.15) is 5.75 Å². The van der Waals surface area contributed by atoms with Crippen molar-refractivity contribution in [2.45, 2.75) is 38.3 Å². The highest BCUT2D eigenvalue weighted by molar-refractivity contribution is 5.67. The van der Waals surface area contributed by atoms with Gasteiger partial charge in [-0.2, -0.15) is 0 Å². The summed E-state index contributed by atoms with van der Waals surface area (Å²) in [6.45, 7) is 3.61. The smallest absolute Gasteiger partial charge is 0.303 e. The summed E-state index contributed by atoms with van der Waals surface area (Å²) < 4.78 is 0. The van der Waals surface area contributed by atoms with Crippen molar-refractivity contribution in [1.82, 2.24) is 4.90 Å². The van der Waals surface area contributed by atoms with Gasteiger partial charge in [0.25, 0.3) is 0 Å². The van der Waals surface area contributed by atoms with Crippen LogP contribution in [-0.4, -0.2) is 45.3 Å². The number of benzene rings is 1. The first-order chi connectivity index (χ1) is 9.97. The summed E-state index contributed by atoms with van der Waals surface area (Å²) >= 11 is 0. The summed E-state index contributed by atoms with van der Waals surface area (Å²) in [5.41, 5.74) is 0.785. The van der Waals surface area contributed by atoms with Crippen LogP contribution in [-0.2, 0) is 4.79 Å². The Morgan fingerprint density at radius 2 is 1.86 bits per heavy atom. The van der Waals surface area contributed by atoms with Crippen LogP contribution in [0, 0.1) is 5.92 Å². The fraction of sp³-hybridized carbons (Fsp3) is 0.562. The molecule has 1 aliphatic rings. The number of hydrogen-bond donors (Lipinski definition) is 3. The number of aliphatic hydroxyl groups excluding tert-OH is 1. The van der Waals surface area contributed by atoms with Crippen LogP contribution in [0.25, 0.3) is 0 Å². The van der Waals surface area contributed by atoms with Crippen molar-refractivity contribution in [1.29, 1.82) is 0 Å². The Morgan fingerprint density at radius 1 is 1.29 bits per heavy atom. The average molecular weight is 293 g/mol. The van der Waals surface area contributed by atoms with Crippen LogP contribution in [0.15, 0.2) is 24.3 Å². The average Bonchev–Trinajstić information content (AvgIpc) is 2.47. The molecule has 0 bridgehead atoms. The lowest BCUT2D eigenvalue weighted by Crippen LogP contribution is -2.43. The Hall–Kier alpha value is -1.59. The van der Waals surface area contributed by atoms with Gasteiger partial charge in [0.05, 0.1) is 6.10 Å². The number of carboxylic acid groups (broad SMARTS) is 1. The van der Waals surface area contributed by atoms with Crippen molar-refractivity contribution in [3.63, 3.8) is 0 Å². The third kappa shape index (κ3) is 4.19. The number of aromatic hydroxyl groups is 1. The molecule has 116 valence electrons. The number of rotatable bonds is 5. The molecule has 2 unspecified atom stereocenters. The van der Waals surface area contributed by atoms with Gasteiger partial charge in [-0.05, 0) is 56.5 Å². The number of likely N-dealkylation sites (tertiary alicyclic amines) is 1. The van der Waals surface area contributed by atoms with E-state index in [1.807, 2.05) is 6.92 Å². The molecule has 1 aliphatic heterocycles. The zero-order valence-electron chi connectivity index (χ0n) is 12.3. The number of nitrogens with zero attached hydrogens (tertiary/aromatic N) is 1. The molecule has 1 aromatic carbocycles. The fourth-order valence-corrected chi connectivity index (χ4v) is 2.96. The number of carboxylic acids is 1. The monoisotopic (exact) mass is 293 g/mol. The summed E-state index contributed by atoms with van der Waals surface area (Å²) in [5.74, 6) is -0.296. The molecule has 5 heteroatoms. The maximum absolute atomic E-state index is 10.7. The largest absolute Gasteiger partial charge is 0.508 e. The maximum Gasteiger partial charge on any atom is 0.303 e. The van der Waals surface area contributed by atoms with E-state index in [-0.39, 0.29) is 24.1 Å². The van der Waals surface area contributed by atoms with E-state index in [0.29, 0.717) is 0 Å². The van der Waals surface area contributed by atoms with E-state index in [2.05, 4.69) is 4.90 Å². The molecule has 0 saturated carbocycles. The minimum atomic E-state index is -0.731. The number of hydrogen-bond acceptors (Lipinski definition) is 4. The molecule has 1 heterocycles. The second kappa shape index (κ2) is 6.91. The van der Waals surface area contributed by atoms with Crippen molar-refractivity contribution >= 4 is 5.97 Å². The molecule has 0 aliphatic carbocycles. The van der Waals surface area contributed by atoms with Crippen LogP contribution in [0.4, 0.5) is 0 Å². The van der Waals surface area contributed by atoms with Crippen molar-refractivity contribution in [3.05, 3.63) is 29.8 Å². The fourth-order valence-electron chi connectivity index (χ4n) is 2.96. The van der Waals surface area contributed by atoms with Crippen molar-refractivity contribution in [2.24, 2.45) is 5.92 Å². The zero-order valence-corrected chi connectivity index (χ0v) is 12.3. The lowest BCUT2D eigenvalue weighted by atomic mass is 9.91. The molecule has 2 rings (SSSR count). The van der Waals surface area contributed by atoms with Crippen LogP contribution in [0.5, 0.6) is 5.75 Å². The van der Waals surface area contributed by atoms with Crippen molar-refractivity contribution in [2.75, 3.05) is 13.1 Å². The third-order valence-corrected chi connectivity index (χ3v) is 4.38. The van der Waals surface area contributed by atoms with Gasteiger partial charge in [-0.25, -0.2) is 0 Å². The summed E-state index contributed by atoms with van der Waals surface area (Å²) in [6, 6.07) is 6.58. The Balaban J connectivity index is 1.90. The van der Waals surface area contributed by atoms with Gasteiger partial charge in [-0.15, -0.1) is 0 Å². The molecule has 0 amide bonds. The van der Waals surface area contributed by atoms with Gasteiger partial charge >= 0.3 is 5.97 Å². The first-order valence-corrected chi connectivity index (χ1v) is 7.40. The topological polar surface area (TPSA) is 81.0 Å². The SMILES string of the molecule is CC(C(O)c1ccc(O)cc1)N1CCC(CC(=O)O)CC1. The maximum atomic E-state index is 10.7. The van der Waals surface area contributed by atoms with Gasteiger partial charge in [0.15, 0.2) is 0 Å². The predicted octanol–water partition coefficient (Wildman–Crippen LogP) is 2.00. The molecule has 0 radical (unpaired) electrons. The number of phenolic OH excluding ortho intramolecular Hbond substituents is 1. The second-order valence-corrected chi connectivity index (χ2v) is 5.85. The van der Waals surface area contributed by atoms with E-state index in [0.717, 1.165) is 31.5 Å². The second-order valence-electron chi connectivity index (χ2n) is 5.85. The minimum absolute atomic E-state index is 0.0275. The summed E-state index contributed by atoms with van der Waals surface area (Å²) in [7, 11) is 0. The van der Waals surface area contributed by atoms with Crippen LogP contribution in [0.2, 0.25) is 0 Å². The van der Waals surface area contributed by atoms with Crippen LogP contribution in [0.1, 0.15) is 37.9 Å². The van der Waals surface area contributed by atoms with Crippen LogP contribution >= 0.6 is 0 Å². The van der Waals surface area contributed by atoms with Gasteiger partial charge in [-0.3, -0.25) is 9.69 Å². The number of piperidine rings is 1. The highest BCUT2D eigenvalue weighted by atomic mass is 16.4. The molecule has 21 heavy (non-hydrogen) atoms. The first kappa shape index (κ1) is 15.8. The molecule has 1 fully saturated rings. The molecule has 3 N–H and O–H groups in total. The summed E-state index contributed by atoms with van der Waals surface area (Å²) in [6.07, 6.45) is 1.35. The normalized spacial score (nSPS) is 20.1. The molecule has 5 nitrogen and oxygen atoms in total. The molecule has 0 aromatic heterocycles. The predicted molar refractivity (Wildman–Crippen MR) is 79.1 cm³/mol. The molecule has 1 aromatic rings. The number of phenols is 1. The van der Waals surface area contributed by atoms with E-state index >= 15 is 0 Å².